The van der Waals surface area contributed by atoms with Crippen molar-refractivity contribution in [2.24, 2.45) is 4.99 Å². The van der Waals surface area contributed by atoms with Crippen LogP contribution in [0, 0.1) is 0 Å². The number of anilines is 1. The van der Waals surface area contributed by atoms with Crippen LogP contribution in [0.5, 0.6) is 0 Å². The van der Waals surface area contributed by atoms with Gasteiger partial charge in [-0.05, 0) is 49.1 Å². The summed E-state index contributed by atoms with van der Waals surface area (Å²) in [6, 6.07) is 7.67. The quantitative estimate of drug-likeness (QED) is 0.615. The Hall–Kier alpha value is -3.03. The number of aromatic nitrogens is 1. The summed E-state index contributed by atoms with van der Waals surface area (Å²) >= 11 is 0. The minimum atomic E-state index is -0.0513. The monoisotopic (exact) mass is 410 g/mol. The third-order valence-electron chi connectivity index (χ3n) is 5.75. The van der Waals surface area contributed by atoms with Gasteiger partial charge in [-0.1, -0.05) is 0 Å². The Kier molecular flexibility index (Phi) is 6.51. The van der Waals surface area contributed by atoms with Crippen molar-refractivity contribution in [3.8, 4) is 0 Å². The molecule has 1 N–H and O–H groups in total. The molecule has 0 bridgehead atoms. The molecular formula is C22H30N6O2. The number of nitrogens with one attached hydrogen (secondary N) is 1. The van der Waals surface area contributed by atoms with Gasteiger partial charge in [0.15, 0.2) is 11.7 Å². The number of guanidine groups is 1. The number of aliphatic imine (C=N–C) groups is 1. The summed E-state index contributed by atoms with van der Waals surface area (Å²) in [4.78, 5) is 27.8. The normalized spacial score (nSPS) is 17.9. The summed E-state index contributed by atoms with van der Waals surface area (Å²) in [7, 11) is 1.80. The first-order chi connectivity index (χ1) is 14.7. The second-order valence-corrected chi connectivity index (χ2v) is 7.73. The molecule has 4 heterocycles. The molecule has 0 unspecified atom stereocenters. The molecule has 2 saturated heterocycles. The molecule has 2 fully saturated rings. The van der Waals surface area contributed by atoms with Crippen LogP contribution in [0.15, 0.2) is 46.1 Å². The molecule has 0 radical (unpaired) electrons. The van der Waals surface area contributed by atoms with E-state index in [1.165, 1.54) is 31.1 Å². The molecule has 4 rings (SSSR count). The summed E-state index contributed by atoms with van der Waals surface area (Å²) in [5.74, 6) is 2.27. The van der Waals surface area contributed by atoms with Gasteiger partial charge >= 0.3 is 0 Å². The smallest absolute Gasteiger partial charge is 0.289 e. The lowest BCUT2D eigenvalue weighted by Gasteiger charge is -2.36. The molecule has 0 atom stereocenters. The average Bonchev–Trinajstić information content (AvgIpc) is 3.35. The van der Waals surface area contributed by atoms with Gasteiger partial charge in [0.05, 0.1) is 6.26 Å². The van der Waals surface area contributed by atoms with E-state index in [-0.39, 0.29) is 5.91 Å². The van der Waals surface area contributed by atoms with Gasteiger partial charge in [0.1, 0.15) is 5.82 Å². The Morgan fingerprint density at radius 1 is 1.10 bits per heavy atom. The number of rotatable bonds is 4. The van der Waals surface area contributed by atoms with Crippen LogP contribution in [-0.4, -0.2) is 73.0 Å². The third kappa shape index (κ3) is 4.75. The zero-order valence-electron chi connectivity index (χ0n) is 17.6. The largest absolute Gasteiger partial charge is 0.459 e. The fraction of sp³-hybridized carbons (Fsp3) is 0.500. The maximum Gasteiger partial charge on any atom is 0.289 e. The summed E-state index contributed by atoms with van der Waals surface area (Å²) in [6.45, 7) is 5.65. The van der Waals surface area contributed by atoms with Crippen LogP contribution in [0.1, 0.15) is 35.4 Å². The number of piperidine rings is 1. The molecule has 0 aliphatic carbocycles. The van der Waals surface area contributed by atoms with E-state index < -0.39 is 0 Å². The predicted octanol–water partition coefficient (Wildman–Crippen LogP) is 2.20. The summed E-state index contributed by atoms with van der Waals surface area (Å²) in [5.41, 5.74) is 1.19. The third-order valence-corrected chi connectivity index (χ3v) is 5.75. The van der Waals surface area contributed by atoms with Gasteiger partial charge in [0.2, 0.25) is 0 Å². The maximum atomic E-state index is 12.4. The molecule has 160 valence electrons. The van der Waals surface area contributed by atoms with E-state index in [2.05, 4.69) is 31.2 Å². The first kappa shape index (κ1) is 20.3. The van der Waals surface area contributed by atoms with Crippen LogP contribution in [-0.2, 0) is 6.54 Å². The molecule has 2 aliphatic heterocycles. The number of hydrogen-bond acceptors (Lipinski definition) is 5. The molecule has 0 aromatic carbocycles. The number of piperazine rings is 1. The van der Waals surface area contributed by atoms with Crippen molar-refractivity contribution in [1.82, 2.24) is 20.1 Å². The fourth-order valence-corrected chi connectivity index (χ4v) is 4.06. The van der Waals surface area contributed by atoms with E-state index in [0.717, 1.165) is 38.0 Å². The van der Waals surface area contributed by atoms with E-state index >= 15 is 0 Å². The first-order valence-electron chi connectivity index (χ1n) is 10.7. The number of nitrogens with zero attached hydrogens (tertiary/aromatic N) is 5. The summed E-state index contributed by atoms with van der Waals surface area (Å²) in [6.07, 6.45) is 7.22. The average molecular weight is 411 g/mol. The van der Waals surface area contributed by atoms with Crippen molar-refractivity contribution in [2.75, 3.05) is 51.2 Å². The van der Waals surface area contributed by atoms with E-state index in [1.54, 1.807) is 19.2 Å². The molecule has 2 aromatic rings. The maximum absolute atomic E-state index is 12.4. The van der Waals surface area contributed by atoms with Gasteiger partial charge < -0.3 is 24.4 Å². The molecular weight excluding hydrogens is 380 g/mol. The Balaban J connectivity index is 1.30. The van der Waals surface area contributed by atoms with Gasteiger partial charge in [-0.2, -0.15) is 0 Å². The summed E-state index contributed by atoms with van der Waals surface area (Å²) in [5, 5.41) is 3.46. The van der Waals surface area contributed by atoms with Crippen LogP contribution < -0.4 is 10.2 Å². The number of carbonyl (C=O) groups is 1. The van der Waals surface area contributed by atoms with E-state index in [9.17, 15) is 4.79 Å². The summed E-state index contributed by atoms with van der Waals surface area (Å²) < 4.78 is 5.24. The minimum absolute atomic E-state index is 0.0513. The SMILES string of the molecule is CN=C(NCc1ccnc(N2CCCCC2)c1)N1CCN(C(=O)c2ccco2)CC1. The first-order valence-corrected chi connectivity index (χ1v) is 10.7. The minimum Gasteiger partial charge on any atom is -0.459 e. The second-order valence-electron chi connectivity index (χ2n) is 7.73. The zero-order valence-corrected chi connectivity index (χ0v) is 17.6. The standard InChI is InChI=1S/C22H30N6O2/c1-23-22(28-13-11-27(12-14-28)21(29)19-6-5-15-30-19)25-17-18-7-8-24-20(16-18)26-9-3-2-4-10-26/h5-8,15-16H,2-4,9-14,17H2,1H3,(H,23,25). The van der Waals surface area contributed by atoms with Gasteiger partial charge in [-0.15, -0.1) is 0 Å². The van der Waals surface area contributed by atoms with Crippen molar-refractivity contribution >= 4 is 17.7 Å². The van der Waals surface area contributed by atoms with Gasteiger partial charge in [0.25, 0.3) is 5.91 Å². The van der Waals surface area contributed by atoms with E-state index in [4.69, 9.17) is 4.42 Å². The van der Waals surface area contributed by atoms with Crippen molar-refractivity contribution in [3.63, 3.8) is 0 Å². The number of pyridine rings is 1. The molecule has 2 aromatic heterocycles. The van der Waals surface area contributed by atoms with Crippen LogP contribution >= 0.6 is 0 Å². The number of carbonyl (C=O) groups excluding carboxylic acids is 1. The lowest BCUT2D eigenvalue weighted by Crippen LogP contribution is -2.53. The molecule has 0 saturated carbocycles. The molecule has 2 aliphatic rings. The van der Waals surface area contributed by atoms with Crippen LogP contribution in [0.4, 0.5) is 5.82 Å². The van der Waals surface area contributed by atoms with Gasteiger partial charge in [0, 0.05) is 59.1 Å². The van der Waals surface area contributed by atoms with Crippen LogP contribution in [0.3, 0.4) is 0 Å². The number of furan rings is 1. The highest BCUT2D eigenvalue weighted by molar-refractivity contribution is 5.91. The Labute approximate surface area is 177 Å². The van der Waals surface area contributed by atoms with Crippen molar-refractivity contribution in [3.05, 3.63) is 48.0 Å². The van der Waals surface area contributed by atoms with E-state index in [0.29, 0.717) is 25.4 Å². The molecule has 8 nitrogen and oxygen atoms in total. The van der Waals surface area contributed by atoms with Crippen molar-refractivity contribution in [1.29, 1.82) is 0 Å². The lowest BCUT2D eigenvalue weighted by molar-refractivity contribution is 0.0657. The molecule has 8 heteroatoms. The molecule has 0 spiro atoms. The van der Waals surface area contributed by atoms with Crippen molar-refractivity contribution in [2.45, 2.75) is 25.8 Å². The number of amides is 1. The highest BCUT2D eigenvalue weighted by Gasteiger charge is 2.25. The van der Waals surface area contributed by atoms with Gasteiger partial charge in [-0.25, -0.2) is 4.98 Å². The van der Waals surface area contributed by atoms with Crippen LogP contribution in [0.25, 0.3) is 0 Å². The highest BCUT2D eigenvalue weighted by atomic mass is 16.3. The zero-order chi connectivity index (χ0) is 20.8. The second kappa shape index (κ2) is 9.65. The topological polar surface area (TPSA) is 77.2 Å². The number of hydrogen-bond donors (Lipinski definition) is 1. The van der Waals surface area contributed by atoms with Crippen LogP contribution in [0.2, 0.25) is 0 Å². The van der Waals surface area contributed by atoms with E-state index in [1.807, 2.05) is 17.2 Å². The lowest BCUT2D eigenvalue weighted by atomic mass is 10.1. The van der Waals surface area contributed by atoms with Gasteiger partial charge in [-0.3, -0.25) is 9.79 Å². The Bertz CT molecular complexity index is 852. The predicted molar refractivity (Wildman–Crippen MR) is 117 cm³/mol. The van der Waals surface area contributed by atoms with Crippen molar-refractivity contribution < 1.29 is 9.21 Å². The Morgan fingerprint density at radius 3 is 2.57 bits per heavy atom. The fourth-order valence-electron chi connectivity index (χ4n) is 4.06. The Morgan fingerprint density at radius 2 is 1.87 bits per heavy atom. The highest BCUT2D eigenvalue weighted by Crippen LogP contribution is 2.18. The molecule has 30 heavy (non-hydrogen) atoms. The molecule has 1 amide bonds.